The summed E-state index contributed by atoms with van der Waals surface area (Å²) in [6.07, 6.45) is 2.17. The third kappa shape index (κ3) is 5.35. The number of rotatable bonds is 9. The molecule has 6 heteroatoms. The van der Waals surface area contributed by atoms with Crippen LogP contribution in [0.3, 0.4) is 0 Å². The van der Waals surface area contributed by atoms with Crippen molar-refractivity contribution in [2.24, 2.45) is 0 Å². The molecule has 4 aromatic rings. The fraction of sp³-hybridized carbons (Fsp3) is 0.171. The Kier molecular flexibility index (Phi) is 7.98. The van der Waals surface area contributed by atoms with Crippen LogP contribution in [0.15, 0.2) is 115 Å². The Morgan fingerprint density at radius 2 is 1.44 bits per heavy atom. The molecule has 41 heavy (non-hydrogen) atoms. The maximum atomic E-state index is 14.4. The molecule has 0 saturated heterocycles. The lowest BCUT2D eigenvalue weighted by molar-refractivity contribution is -0.125. The molecule has 1 aliphatic rings. The Bertz CT molecular complexity index is 1590. The Labute approximate surface area is 240 Å². The lowest BCUT2D eigenvalue weighted by Gasteiger charge is -2.38. The fourth-order valence-corrected chi connectivity index (χ4v) is 5.55. The van der Waals surface area contributed by atoms with E-state index in [1.807, 2.05) is 115 Å². The molecule has 6 nitrogen and oxygen atoms in total. The van der Waals surface area contributed by atoms with Gasteiger partial charge in [0.1, 0.15) is 11.5 Å². The molecule has 1 heterocycles. The summed E-state index contributed by atoms with van der Waals surface area (Å²) in [5, 5.41) is 12.1. The SMILES string of the molecule is [C-]#[N+]C1(C(CC(=N)c2ccccc2)c2ccc(OC)cc2)C(=O)NC(c2ccccc2)=CC1c1ccc(OC)cc1. The molecule has 0 spiro atoms. The second-order valence-electron chi connectivity index (χ2n) is 9.96. The highest BCUT2D eigenvalue weighted by molar-refractivity contribution is 6.03. The predicted octanol–water partition coefficient (Wildman–Crippen LogP) is 6.86. The summed E-state index contributed by atoms with van der Waals surface area (Å²) < 4.78 is 10.8. The molecule has 1 aliphatic heterocycles. The van der Waals surface area contributed by atoms with Gasteiger partial charge in [-0.1, -0.05) is 84.9 Å². The number of ether oxygens (including phenoxy) is 2. The summed E-state index contributed by atoms with van der Waals surface area (Å²) >= 11 is 0. The number of carbonyl (C=O) groups is 1. The molecule has 0 bridgehead atoms. The summed E-state index contributed by atoms with van der Waals surface area (Å²) in [7, 11) is 3.21. The molecule has 0 aliphatic carbocycles. The van der Waals surface area contributed by atoms with Gasteiger partial charge in [0.05, 0.1) is 26.1 Å². The van der Waals surface area contributed by atoms with Gasteiger partial charge < -0.3 is 20.2 Å². The molecule has 0 fully saturated rings. The van der Waals surface area contributed by atoms with Crippen molar-refractivity contribution in [3.8, 4) is 11.5 Å². The minimum atomic E-state index is -1.58. The maximum absolute atomic E-state index is 14.4. The van der Waals surface area contributed by atoms with Gasteiger partial charge in [0.2, 0.25) is 0 Å². The lowest BCUT2D eigenvalue weighted by atomic mass is 9.64. The fourth-order valence-electron chi connectivity index (χ4n) is 5.55. The molecule has 204 valence electrons. The summed E-state index contributed by atoms with van der Waals surface area (Å²) in [6.45, 7) is 8.63. The van der Waals surface area contributed by atoms with E-state index in [2.05, 4.69) is 10.2 Å². The van der Waals surface area contributed by atoms with Crippen LogP contribution in [0.4, 0.5) is 0 Å². The number of methoxy groups -OCH3 is 2. The van der Waals surface area contributed by atoms with E-state index in [1.54, 1.807) is 14.2 Å². The van der Waals surface area contributed by atoms with Crippen LogP contribution in [0.1, 0.15) is 40.5 Å². The molecule has 3 atom stereocenters. The van der Waals surface area contributed by atoms with Crippen LogP contribution in [0.5, 0.6) is 11.5 Å². The first-order valence-corrected chi connectivity index (χ1v) is 13.4. The van der Waals surface area contributed by atoms with Crippen molar-refractivity contribution >= 4 is 17.3 Å². The number of hydrogen-bond donors (Lipinski definition) is 2. The monoisotopic (exact) mass is 541 g/mol. The molecule has 4 aromatic carbocycles. The largest absolute Gasteiger partial charge is 0.497 e. The minimum Gasteiger partial charge on any atom is -0.497 e. The minimum absolute atomic E-state index is 0.188. The first-order valence-electron chi connectivity index (χ1n) is 13.4. The average molecular weight is 542 g/mol. The highest BCUT2D eigenvalue weighted by atomic mass is 16.5. The van der Waals surface area contributed by atoms with Crippen molar-refractivity contribution in [2.75, 3.05) is 14.2 Å². The van der Waals surface area contributed by atoms with Gasteiger partial charge in [-0.05, 0) is 52.6 Å². The zero-order valence-corrected chi connectivity index (χ0v) is 23.0. The van der Waals surface area contributed by atoms with E-state index in [-0.39, 0.29) is 6.42 Å². The van der Waals surface area contributed by atoms with Crippen LogP contribution >= 0.6 is 0 Å². The van der Waals surface area contributed by atoms with Gasteiger partial charge in [0.15, 0.2) is 0 Å². The highest BCUT2D eigenvalue weighted by Gasteiger charge is 2.61. The van der Waals surface area contributed by atoms with Crippen molar-refractivity contribution in [3.05, 3.63) is 149 Å². The van der Waals surface area contributed by atoms with Crippen LogP contribution in [0.25, 0.3) is 10.5 Å². The van der Waals surface area contributed by atoms with Crippen LogP contribution in [-0.2, 0) is 4.79 Å². The number of benzene rings is 4. The molecule has 1 amide bonds. The Morgan fingerprint density at radius 1 is 0.878 bits per heavy atom. The Morgan fingerprint density at radius 3 is 2.00 bits per heavy atom. The van der Waals surface area contributed by atoms with E-state index in [1.165, 1.54) is 0 Å². The van der Waals surface area contributed by atoms with Crippen LogP contribution in [0.2, 0.25) is 0 Å². The standard InChI is InChI=1S/C35H31N3O3/c1-37-35(30(24-14-18-28(40-2)19-15-24)22-32(36)26-10-6-4-7-11-26)31(25-16-20-29(41-3)21-17-25)23-33(38-34(35)39)27-12-8-5-9-13-27/h4-21,23,30-31,36H,22H2,2-3H3,(H,38,39). The summed E-state index contributed by atoms with van der Waals surface area (Å²) in [6, 6.07) is 34.1. The number of amides is 1. The molecule has 0 saturated carbocycles. The van der Waals surface area contributed by atoms with E-state index in [0.29, 0.717) is 22.9 Å². The zero-order chi connectivity index (χ0) is 28.8. The van der Waals surface area contributed by atoms with Crippen molar-refractivity contribution < 1.29 is 14.3 Å². The molecule has 3 unspecified atom stereocenters. The summed E-state index contributed by atoms with van der Waals surface area (Å²) in [5.41, 5.74) is 2.64. The second kappa shape index (κ2) is 11.9. The summed E-state index contributed by atoms with van der Waals surface area (Å²) in [5.74, 6) is -0.276. The second-order valence-corrected chi connectivity index (χ2v) is 9.96. The van der Waals surface area contributed by atoms with Gasteiger partial charge in [0.25, 0.3) is 0 Å². The van der Waals surface area contributed by atoms with Crippen molar-refractivity contribution in [3.63, 3.8) is 0 Å². The summed E-state index contributed by atoms with van der Waals surface area (Å²) in [4.78, 5) is 18.6. The molecule has 2 N–H and O–H groups in total. The van der Waals surface area contributed by atoms with Crippen LogP contribution in [0, 0.1) is 12.0 Å². The number of hydrogen-bond acceptors (Lipinski definition) is 4. The topological polar surface area (TPSA) is 75.8 Å². The molecule has 5 rings (SSSR count). The number of carbonyl (C=O) groups excluding carboxylic acids is 1. The van der Waals surface area contributed by atoms with Crippen LogP contribution in [-0.4, -0.2) is 31.4 Å². The van der Waals surface area contributed by atoms with Gasteiger partial charge in [-0.15, -0.1) is 0 Å². The quantitative estimate of drug-likeness (QED) is 0.180. The van der Waals surface area contributed by atoms with Crippen molar-refractivity contribution in [1.82, 2.24) is 5.32 Å². The van der Waals surface area contributed by atoms with Gasteiger partial charge >= 0.3 is 11.4 Å². The average Bonchev–Trinajstić information content (AvgIpc) is 3.04. The lowest BCUT2D eigenvalue weighted by Crippen LogP contribution is -2.55. The third-order valence-electron chi connectivity index (χ3n) is 7.74. The van der Waals surface area contributed by atoms with Gasteiger partial charge in [-0.3, -0.25) is 9.64 Å². The van der Waals surface area contributed by atoms with E-state index in [0.717, 1.165) is 22.3 Å². The Hall–Kier alpha value is -5.15. The van der Waals surface area contributed by atoms with Gasteiger partial charge in [-0.25, -0.2) is 6.57 Å². The van der Waals surface area contributed by atoms with Gasteiger partial charge in [0, 0.05) is 17.8 Å². The Balaban J connectivity index is 1.71. The van der Waals surface area contributed by atoms with Gasteiger partial charge in [-0.2, -0.15) is 0 Å². The van der Waals surface area contributed by atoms with Crippen molar-refractivity contribution in [2.45, 2.75) is 23.8 Å². The van der Waals surface area contributed by atoms with E-state index in [4.69, 9.17) is 21.5 Å². The molecular formula is C35H31N3O3. The smallest absolute Gasteiger partial charge is 0.326 e. The van der Waals surface area contributed by atoms with E-state index in [9.17, 15) is 4.79 Å². The van der Waals surface area contributed by atoms with E-state index < -0.39 is 23.3 Å². The maximum Gasteiger partial charge on any atom is 0.326 e. The zero-order valence-electron chi connectivity index (χ0n) is 23.0. The first kappa shape index (κ1) is 27.4. The molecule has 0 radical (unpaired) electrons. The van der Waals surface area contributed by atoms with E-state index >= 15 is 0 Å². The number of nitrogens with one attached hydrogen (secondary N) is 2. The van der Waals surface area contributed by atoms with Crippen LogP contribution < -0.4 is 14.8 Å². The predicted molar refractivity (Wildman–Crippen MR) is 161 cm³/mol. The third-order valence-corrected chi connectivity index (χ3v) is 7.74. The normalized spacial score (nSPS) is 18.8. The van der Waals surface area contributed by atoms with Crippen molar-refractivity contribution in [1.29, 1.82) is 5.41 Å². The number of nitrogens with zero attached hydrogens (tertiary/aromatic N) is 1. The molecule has 0 aromatic heterocycles. The first-order chi connectivity index (χ1) is 20.0. The molecular weight excluding hydrogens is 510 g/mol. The highest BCUT2D eigenvalue weighted by Crippen LogP contribution is 2.49.